The molecule has 1 aromatic rings. The van der Waals surface area contributed by atoms with Crippen LogP contribution in [0.25, 0.3) is 0 Å². The molecule has 1 saturated carbocycles. The summed E-state index contributed by atoms with van der Waals surface area (Å²) < 4.78 is 0. The maximum atomic E-state index is 11.9. The van der Waals surface area contributed by atoms with Crippen molar-refractivity contribution in [1.82, 2.24) is 5.32 Å². The molecule has 19 heavy (non-hydrogen) atoms. The highest BCUT2D eigenvalue weighted by Gasteiger charge is 2.33. The van der Waals surface area contributed by atoms with Gasteiger partial charge in [-0.25, -0.2) is 0 Å². The van der Waals surface area contributed by atoms with E-state index in [1.807, 2.05) is 6.07 Å². The molecule has 0 spiro atoms. The van der Waals surface area contributed by atoms with Crippen LogP contribution in [0.3, 0.4) is 0 Å². The van der Waals surface area contributed by atoms with Crippen LogP contribution in [0.4, 0.5) is 0 Å². The Morgan fingerprint density at radius 3 is 2.63 bits per heavy atom. The van der Waals surface area contributed by atoms with E-state index in [0.29, 0.717) is 18.0 Å². The van der Waals surface area contributed by atoms with E-state index in [9.17, 15) is 9.90 Å². The highest BCUT2D eigenvalue weighted by Crippen LogP contribution is 2.38. The second-order valence-corrected chi connectivity index (χ2v) is 5.69. The van der Waals surface area contributed by atoms with Crippen LogP contribution in [0.2, 0.25) is 0 Å². The van der Waals surface area contributed by atoms with Crippen LogP contribution in [0, 0.1) is 5.41 Å². The second kappa shape index (κ2) is 6.29. The fraction of sp³-hybridized carbons (Fsp3) is 0.533. The molecule has 4 heteroatoms. The van der Waals surface area contributed by atoms with E-state index >= 15 is 0 Å². The minimum atomic E-state index is -0.0575. The number of aromatic hydroxyl groups is 1. The number of para-hydroxylation sites is 1. The van der Waals surface area contributed by atoms with Gasteiger partial charge in [-0.2, -0.15) is 0 Å². The van der Waals surface area contributed by atoms with Crippen LogP contribution < -0.4 is 5.32 Å². The fourth-order valence-corrected chi connectivity index (χ4v) is 3.03. The number of phenolic OH excluding ortho intramolecular Hbond substituents is 1. The largest absolute Gasteiger partial charge is 0.508 e. The smallest absolute Gasteiger partial charge is 0.224 e. The van der Waals surface area contributed by atoms with Gasteiger partial charge in [0.15, 0.2) is 0 Å². The average Bonchev–Trinajstić information content (AvgIpc) is 2.89. The van der Waals surface area contributed by atoms with E-state index in [1.165, 1.54) is 12.8 Å². The highest BCUT2D eigenvalue weighted by atomic mass is 35.5. The third-order valence-electron chi connectivity index (χ3n) is 3.95. The van der Waals surface area contributed by atoms with Gasteiger partial charge in [0.2, 0.25) is 5.91 Å². The molecule has 104 valence electrons. The Morgan fingerprint density at radius 2 is 2.00 bits per heavy atom. The summed E-state index contributed by atoms with van der Waals surface area (Å²) >= 11 is 6.04. The van der Waals surface area contributed by atoms with Gasteiger partial charge in [0.1, 0.15) is 5.75 Å². The van der Waals surface area contributed by atoms with Gasteiger partial charge >= 0.3 is 0 Å². The van der Waals surface area contributed by atoms with Crippen molar-refractivity contribution in [2.24, 2.45) is 5.41 Å². The van der Waals surface area contributed by atoms with E-state index < -0.39 is 0 Å². The average molecular weight is 282 g/mol. The zero-order valence-electron chi connectivity index (χ0n) is 11.0. The predicted octanol–water partition coefficient (Wildman–Crippen LogP) is 2.85. The second-order valence-electron chi connectivity index (χ2n) is 5.42. The molecule has 0 heterocycles. The van der Waals surface area contributed by atoms with Crippen molar-refractivity contribution in [1.29, 1.82) is 0 Å². The Balaban J connectivity index is 1.86. The molecule has 0 aromatic heterocycles. The standard InChI is InChI=1S/C15H20ClNO2/c16-10-15(7-3-4-8-15)11-17-14(19)9-12-5-1-2-6-13(12)18/h1-2,5-6,18H,3-4,7-11H2,(H,17,19). The lowest BCUT2D eigenvalue weighted by Gasteiger charge is -2.26. The molecule has 0 saturated heterocycles. The quantitative estimate of drug-likeness (QED) is 0.816. The lowest BCUT2D eigenvalue weighted by molar-refractivity contribution is -0.120. The molecular formula is C15H20ClNO2. The molecule has 0 atom stereocenters. The molecule has 1 amide bonds. The van der Waals surface area contributed by atoms with Gasteiger partial charge in [0.05, 0.1) is 6.42 Å². The van der Waals surface area contributed by atoms with Crippen LogP contribution in [-0.4, -0.2) is 23.4 Å². The first-order valence-electron chi connectivity index (χ1n) is 6.75. The number of carbonyl (C=O) groups excluding carboxylic acids is 1. The topological polar surface area (TPSA) is 49.3 Å². The van der Waals surface area contributed by atoms with Crippen LogP contribution in [0.5, 0.6) is 5.75 Å². The zero-order valence-corrected chi connectivity index (χ0v) is 11.7. The molecule has 1 fully saturated rings. The normalized spacial score (nSPS) is 17.3. The molecule has 2 rings (SSSR count). The lowest BCUT2D eigenvalue weighted by Crippen LogP contribution is -2.37. The van der Waals surface area contributed by atoms with Crippen LogP contribution in [-0.2, 0) is 11.2 Å². The minimum Gasteiger partial charge on any atom is -0.508 e. The molecule has 1 aromatic carbocycles. The maximum absolute atomic E-state index is 11.9. The number of carbonyl (C=O) groups is 1. The van der Waals surface area contributed by atoms with E-state index in [0.717, 1.165) is 12.8 Å². The zero-order chi connectivity index (χ0) is 13.7. The molecule has 1 aliphatic rings. The Hall–Kier alpha value is -1.22. The van der Waals surface area contributed by atoms with Crippen molar-refractivity contribution in [3.05, 3.63) is 29.8 Å². The summed E-state index contributed by atoms with van der Waals surface area (Å²) in [6.45, 7) is 0.642. The summed E-state index contributed by atoms with van der Waals surface area (Å²) in [5, 5.41) is 12.6. The minimum absolute atomic E-state index is 0.0575. The van der Waals surface area contributed by atoms with Gasteiger partial charge < -0.3 is 10.4 Å². The number of amides is 1. The van der Waals surface area contributed by atoms with Crippen molar-refractivity contribution in [2.75, 3.05) is 12.4 Å². The van der Waals surface area contributed by atoms with Crippen LogP contribution in [0.1, 0.15) is 31.2 Å². The molecule has 0 aliphatic heterocycles. The fourth-order valence-electron chi connectivity index (χ4n) is 2.66. The maximum Gasteiger partial charge on any atom is 0.224 e. The predicted molar refractivity (Wildman–Crippen MR) is 76.4 cm³/mol. The monoisotopic (exact) mass is 281 g/mol. The van der Waals surface area contributed by atoms with Gasteiger partial charge in [-0.05, 0) is 18.9 Å². The molecule has 0 unspecified atom stereocenters. The van der Waals surface area contributed by atoms with E-state index in [2.05, 4.69) is 5.32 Å². The molecule has 1 aliphatic carbocycles. The van der Waals surface area contributed by atoms with Crippen molar-refractivity contribution < 1.29 is 9.90 Å². The van der Waals surface area contributed by atoms with Crippen molar-refractivity contribution in [3.8, 4) is 5.75 Å². The number of hydrogen-bond acceptors (Lipinski definition) is 2. The van der Waals surface area contributed by atoms with Gasteiger partial charge in [-0.15, -0.1) is 11.6 Å². The van der Waals surface area contributed by atoms with Gasteiger partial charge in [-0.1, -0.05) is 31.0 Å². The number of hydrogen-bond donors (Lipinski definition) is 2. The number of nitrogens with one attached hydrogen (secondary N) is 1. The van der Waals surface area contributed by atoms with Gasteiger partial charge in [0, 0.05) is 23.4 Å². The molecule has 2 N–H and O–H groups in total. The summed E-state index contributed by atoms with van der Waals surface area (Å²) in [7, 11) is 0. The summed E-state index contributed by atoms with van der Waals surface area (Å²) in [6.07, 6.45) is 4.79. The first-order chi connectivity index (χ1) is 9.15. The highest BCUT2D eigenvalue weighted by molar-refractivity contribution is 6.18. The van der Waals surface area contributed by atoms with Crippen molar-refractivity contribution >= 4 is 17.5 Å². The molecule has 0 bridgehead atoms. The third-order valence-corrected chi connectivity index (χ3v) is 4.52. The van der Waals surface area contributed by atoms with Crippen molar-refractivity contribution in [3.63, 3.8) is 0 Å². The Labute approximate surface area is 119 Å². The number of alkyl halides is 1. The van der Waals surface area contributed by atoms with Crippen molar-refractivity contribution in [2.45, 2.75) is 32.1 Å². The van der Waals surface area contributed by atoms with E-state index in [1.54, 1.807) is 18.2 Å². The number of benzene rings is 1. The number of halogens is 1. The van der Waals surface area contributed by atoms with Gasteiger partial charge in [0.25, 0.3) is 0 Å². The summed E-state index contributed by atoms with van der Waals surface area (Å²) in [4.78, 5) is 11.9. The lowest BCUT2D eigenvalue weighted by atomic mass is 9.88. The van der Waals surface area contributed by atoms with E-state index in [-0.39, 0.29) is 23.5 Å². The summed E-state index contributed by atoms with van der Waals surface area (Å²) in [5.74, 6) is 0.715. The molecular weight excluding hydrogens is 262 g/mol. The van der Waals surface area contributed by atoms with E-state index in [4.69, 9.17) is 11.6 Å². The first-order valence-corrected chi connectivity index (χ1v) is 7.28. The SMILES string of the molecule is O=C(Cc1ccccc1O)NCC1(CCl)CCCC1. The Kier molecular flexibility index (Phi) is 4.70. The van der Waals surface area contributed by atoms with Crippen LogP contribution in [0.15, 0.2) is 24.3 Å². The third kappa shape index (κ3) is 3.63. The number of phenols is 1. The van der Waals surface area contributed by atoms with Crippen LogP contribution >= 0.6 is 11.6 Å². The first kappa shape index (κ1) is 14.2. The molecule has 3 nitrogen and oxygen atoms in total. The number of rotatable bonds is 5. The Bertz CT molecular complexity index is 442. The molecule has 0 radical (unpaired) electrons. The van der Waals surface area contributed by atoms with Gasteiger partial charge in [-0.3, -0.25) is 4.79 Å². The Morgan fingerprint density at radius 1 is 1.32 bits per heavy atom. The summed E-state index contributed by atoms with van der Waals surface area (Å²) in [6, 6.07) is 6.93. The summed E-state index contributed by atoms with van der Waals surface area (Å²) in [5.41, 5.74) is 0.738.